The Hall–Kier alpha value is -4.39. The SMILES string of the molecule is COc1cc2c(cc1OCC(=O)Nc1ccc3c4c1C=CC1=CC=CC(=CC3)C14)N=CC1CCCN1C2=O. The first-order valence-electron chi connectivity index (χ1n) is 13.0. The van der Waals surface area contributed by atoms with Gasteiger partial charge in [-0.2, -0.15) is 0 Å². The van der Waals surface area contributed by atoms with E-state index in [1.165, 1.54) is 29.4 Å². The monoisotopic (exact) mass is 505 g/mol. The summed E-state index contributed by atoms with van der Waals surface area (Å²) in [6.07, 6.45) is 17.6. The van der Waals surface area contributed by atoms with Gasteiger partial charge in [0.05, 0.1) is 24.4 Å². The van der Waals surface area contributed by atoms with Crippen molar-refractivity contribution >= 4 is 35.5 Å². The molecule has 2 unspecified atom stereocenters. The molecule has 0 saturated carbocycles. The van der Waals surface area contributed by atoms with E-state index in [0.717, 1.165) is 37.1 Å². The molecule has 2 atom stereocenters. The maximum Gasteiger partial charge on any atom is 0.262 e. The zero-order chi connectivity index (χ0) is 25.8. The molecule has 5 aliphatic rings. The first-order chi connectivity index (χ1) is 18.6. The van der Waals surface area contributed by atoms with E-state index >= 15 is 0 Å². The number of nitrogens with one attached hydrogen (secondary N) is 1. The topological polar surface area (TPSA) is 80.2 Å². The molecular formula is C31H27N3O4. The van der Waals surface area contributed by atoms with E-state index in [1.807, 2.05) is 17.2 Å². The van der Waals surface area contributed by atoms with Gasteiger partial charge in [-0.05, 0) is 53.7 Å². The van der Waals surface area contributed by atoms with Crippen molar-refractivity contribution in [2.24, 2.45) is 4.99 Å². The fraction of sp³-hybridized carbons (Fsp3) is 0.258. The van der Waals surface area contributed by atoms with Gasteiger partial charge in [-0.1, -0.05) is 42.5 Å². The van der Waals surface area contributed by atoms with Gasteiger partial charge in [-0.25, -0.2) is 0 Å². The van der Waals surface area contributed by atoms with Crippen LogP contribution in [0.3, 0.4) is 0 Å². The molecule has 38 heavy (non-hydrogen) atoms. The van der Waals surface area contributed by atoms with Crippen molar-refractivity contribution in [3.8, 4) is 11.5 Å². The summed E-state index contributed by atoms with van der Waals surface area (Å²) in [5.74, 6) is 0.664. The molecule has 2 amide bonds. The molecule has 1 saturated heterocycles. The molecule has 2 heterocycles. The summed E-state index contributed by atoms with van der Waals surface area (Å²) in [7, 11) is 1.52. The van der Waals surface area contributed by atoms with Gasteiger partial charge in [0.25, 0.3) is 11.8 Å². The lowest BCUT2D eigenvalue weighted by Crippen LogP contribution is -2.35. The van der Waals surface area contributed by atoms with Gasteiger partial charge in [0, 0.05) is 36.0 Å². The van der Waals surface area contributed by atoms with Crippen LogP contribution in [0, 0.1) is 0 Å². The van der Waals surface area contributed by atoms with Crippen molar-refractivity contribution in [3.63, 3.8) is 0 Å². The van der Waals surface area contributed by atoms with Crippen LogP contribution in [0.25, 0.3) is 6.08 Å². The van der Waals surface area contributed by atoms with Crippen LogP contribution < -0.4 is 14.8 Å². The number of ether oxygens (including phenoxy) is 2. The van der Waals surface area contributed by atoms with E-state index in [1.54, 1.807) is 12.1 Å². The van der Waals surface area contributed by atoms with Crippen LogP contribution in [0.15, 0.2) is 70.8 Å². The molecule has 0 radical (unpaired) electrons. The third-order valence-corrected chi connectivity index (χ3v) is 8.00. The number of allylic oxidation sites excluding steroid dienone is 7. The average Bonchev–Trinajstić information content (AvgIpc) is 3.38. The van der Waals surface area contributed by atoms with Crippen molar-refractivity contribution in [2.45, 2.75) is 31.2 Å². The summed E-state index contributed by atoms with van der Waals surface area (Å²) in [4.78, 5) is 32.5. The summed E-state index contributed by atoms with van der Waals surface area (Å²) in [5, 5.41) is 3.04. The van der Waals surface area contributed by atoms with Crippen molar-refractivity contribution < 1.29 is 19.1 Å². The van der Waals surface area contributed by atoms with Gasteiger partial charge in [-0.3, -0.25) is 14.6 Å². The molecular weight excluding hydrogens is 478 g/mol. The molecule has 2 aliphatic heterocycles. The number of amides is 2. The Morgan fingerprint density at radius 3 is 2.97 bits per heavy atom. The molecule has 7 nitrogen and oxygen atoms in total. The number of fused-ring (bicyclic) bond motifs is 2. The molecule has 1 N–H and O–H groups in total. The molecule has 190 valence electrons. The maximum absolute atomic E-state index is 13.1. The molecule has 3 aliphatic carbocycles. The quantitative estimate of drug-likeness (QED) is 0.612. The van der Waals surface area contributed by atoms with Gasteiger partial charge in [0.1, 0.15) is 0 Å². The maximum atomic E-state index is 13.1. The zero-order valence-corrected chi connectivity index (χ0v) is 21.1. The summed E-state index contributed by atoms with van der Waals surface area (Å²) < 4.78 is 11.4. The van der Waals surface area contributed by atoms with Crippen LogP contribution in [-0.4, -0.2) is 49.2 Å². The van der Waals surface area contributed by atoms with Crippen molar-refractivity contribution in [1.29, 1.82) is 0 Å². The number of nitrogens with zero attached hydrogens (tertiary/aromatic N) is 2. The number of hydrogen-bond acceptors (Lipinski definition) is 5. The van der Waals surface area contributed by atoms with E-state index < -0.39 is 0 Å². The van der Waals surface area contributed by atoms with E-state index in [0.29, 0.717) is 22.7 Å². The minimum absolute atomic E-state index is 0.0190. The molecule has 0 spiro atoms. The minimum atomic E-state index is -0.275. The smallest absolute Gasteiger partial charge is 0.262 e. The molecule has 0 bridgehead atoms. The molecule has 2 aromatic carbocycles. The fourth-order valence-corrected chi connectivity index (χ4v) is 6.17. The van der Waals surface area contributed by atoms with Crippen LogP contribution in [0.2, 0.25) is 0 Å². The van der Waals surface area contributed by atoms with Crippen molar-refractivity contribution in [2.75, 3.05) is 25.6 Å². The third-order valence-electron chi connectivity index (χ3n) is 8.00. The lowest BCUT2D eigenvalue weighted by molar-refractivity contribution is -0.118. The number of aliphatic imine (C=N–C) groups is 1. The lowest BCUT2D eigenvalue weighted by Gasteiger charge is -2.34. The van der Waals surface area contributed by atoms with E-state index in [2.05, 4.69) is 52.8 Å². The second-order valence-electron chi connectivity index (χ2n) is 10.1. The first-order valence-corrected chi connectivity index (χ1v) is 13.0. The highest BCUT2D eigenvalue weighted by molar-refractivity contribution is 6.03. The van der Waals surface area contributed by atoms with Crippen LogP contribution in [0.4, 0.5) is 11.4 Å². The Bertz CT molecular complexity index is 1540. The highest BCUT2D eigenvalue weighted by Gasteiger charge is 2.33. The Morgan fingerprint density at radius 2 is 2.08 bits per heavy atom. The van der Waals surface area contributed by atoms with E-state index in [-0.39, 0.29) is 30.4 Å². The Labute approximate surface area is 220 Å². The average molecular weight is 506 g/mol. The van der Waals surface area contributed by atoms with Crippen LogP contribution in [-0.2, 0) is 11.2 Å². The summed E-state index contributed by atoms with van der Waals surface area (Å²) in [5.41, 5.74) is 7.98. The van der Waals surface area contributed by atoms with Crippen molar-refractivity contribution in [3.05, 3.63) is 88.0 Å². The number of methoxy groups -OCH3 is 1. The van der Waals surface area contributed by atoms with Gasteiger partial charge in [0.15, 0.2) is 18.1 Å². The standard InChI is InChI=1S/C31H27N3O4/c1-37-26-14-23-25(32-16-21-6-3-13-34(21)31(23)36)15-27(26)38-17-28(35)33-24-12-10-20-8-7-18-4-2-5-19-9-11-22(24)30(20)29(18)19/h2,4-5,7,9-12,14-16,21,29H,3,6,8,13,17H2,1H3,(H,33,35). The Kier molecular flexibility index (Phi) is 5.32. The largest absolute Gasteiger partial charge is 0.493 e. The van der Waals surface area contributed by atoms with Gasteiger partial charge >= 0.3 is 0 Å². The summed E-state index contributed by atoms with van der Waals surface area (Å²) in [6, 6.07) is 7.44. The second-order valence-corrected chi connectivity index (χ2v) is 10.1. The highest BCUT2D eigenvalue weighted by Crippen LogP contribution is 2.47. The van der Waals surface area contributed by atoms with E-state index in [4.69, 9.17) is 9.47 Å². The van der Waals surface area contributed by atoms with Gasteiger partial charge < -0.3 is 19.7 Å². The third kappa shape index (κ3) is 3.61. The summed E-state index contributed by atoms with van der Waals surface area (Å²) in [6.45, 7) is 0.520. The molecule has 1 fully saturated rings. The van der Waals surface area contributed by atoms with Crippen LogP contribution in [0.5, 0.6) is 11.5 Å². The predicted octanol–water partition coefficient (Wildman–Crippen LogP) is 5.12. The number of rotatable bonds is 5. The van der Waals surface area contributed by atoms with Crippen LogP contribution >= 0.6 is 0 Å². The van der Waals surface area contributed by atoms with E-state index in [9.17, 15) is 9.59 Å². The number of anilines is 1. The number of carbonyl (C=O) groups excluding carboxylic acids is 2. The number of carbonyl (C=O) groups is 2. The number of hydrogen-bond donors (Lipinski definition) is 1. The van der Waals surface area contributed by atoms with Crippen molar-refractivity contribution in [1.82, 2.24) is 4.90 Å². The molecule has 7 rings (SSSR count). The Morgan fingerprint density at radius 1 is 1.16 bits per heavy atom. The lowest BCUT2D eigenvalue weighted by atomic mass is 9.71. The Balaban J connectivity index is 1.11. The predicted molar refractivity (Wildman–Crippen MR) is 147 cm³/mol. The summed E-state index contributed by atoms with van der Waals surface area (Å²) >= 11 is 0. The second kappa shape index (κ2) is 8.87. The molecule has 7 heteroatoms. The molecule has 2 aromatic rings. The zero-order valence-electron chi connectivity index (χ0n) is 21.1. The van der Waals surface area contributed by atoms with Gasteiger partial charge in [0.2, 0.25) is 0 Å². The normalized spacial score (nSPS) is 21.6. The fourth-order valence-electron chi connectivity index (χ4n) is 6.17. The van der Waals surface area contributed by atoms with Crippen LogP contribution in [0.1, 0.15) is 45.8 Å². The highest BCUT2D eigenvalue weighted by atomic mass is 16.5. The first kappa shape index (κ1) is 22.8. The minimum Gasteiger partial charge on any atom is -0.493 e. The van der Waals surface area contributed by atoms with Gasteiger partial charge in [-0.15, -0.1) is 0 Å². The molecule has 0 aromatic heterocycles. The number of benzene rings is 2.